The van der Waals surface area contributed by atoms with Gasteiger partial charge in [-0.25, -0.2) is 8.42 Å². The van der Waals surface area contributed by atoms with Gasteiger partial charge in [0.2, 0.25) is 10.0 Å². The topological polar surface area (TPSA) is 57.6 Å². The molecule has 0 aromatic heterocycles. The highest BCUT2D eigenvalue weighted by Gasteiger charge is 2.30. The summed E-state index contributed by atoms with van der Waals surface area (Å²) in [4.78, 5) is 0.153. The zero-order chi connectivity index (χ0) is 13.3. The van der Waals surface area contributed by atoms with Crippen molar-refractivity contribution >= 4 is 21.6 Å². The molecule has 2 rings (SSSR count). The Balaban J connectivity index is 2.34. The van der Waals surface area contributed by atoms with Gasteiger partial charge < -0.3 is 5.11 Å². The molecule has 0 saturated carbocycles. The van der Waals surface area contributed by atoms with Crippen LogP contribution in [0.4, 0.5) is 0 Å². The van der Waals surface area contributed by atoms with Crippen LogP contribution in [-0.4, -0.2) is 37.0 Å². The molecule has 1 N–H and O–H groups in total. The lowest BCUT2D eigenvalue weighted by Crippen LogP contribution is -2.40. The molecule has 0 radical (unpaired) electrons. The summed E-state index contributed by atoms with van der Waals surface area (Å²) in [6, 6.07) is 4.99. The van der Waals surface area contributed by atoms with Crippen LogP contribution in [0.25, 0.3) is 0 Å². The van der Waals surface area contributed by atoms with Crippen molar-refractivity contribution in [2.45, 2.75) is 30.8 Å². The Morgan fingerprint density at radius 3 is 2.56 bits per heavy atom. The molecule has 6 heteroatoms. The molecule has 1 fully saturated rings. The van der Waals surface area contributed by atoms with Gasteiger partial charge in [-0.15, -0.1) is 0 Å². The number of hydrogen-bond acceptors (Lipinski definition) is 3. The normalized spacial score (nSPS) is 19.1. The quantitative estimate of drug-likeness (QED) is 0.903. The minimum Gasteiger partial charge on any atom is -0.393 e. The van der Waals surface area contributed by atoms with E-state index in [9.17, 15) is 13.5 Å². The van der Waals surface area contributed by atoms with Crippen LogP contribution in [0.1, 0.15) is 18.4 Å². The van der Waals surface area contributed by atoms with Gasteiger partial charge in [-0.2, -0.15) is 4.31 Å². The maximum atomic E-state index is 12.4. The highest BCUT2D eigenvalue weighted by molar-refractivity contribution is 7.89. The lowest BCUT2D eigenvalue weighted by atomic mass is 10.1. The van der Waals surface area contributed by atoms with Crippen molar-refractivity contribution in [2.75, 3.05) is 13.1 Å². The van der Waals surface area contributed by atoms with Crippen molar-refractivity contribution < 1.29 is 13.5 Å². The Bertz CT molecular complexity index is 536. The second-order valence-electron chi connectivity index (χ2n) is 4.52. The fourth-order valence-electron chi connectivity index (χ4n) is 2.04. The standard InChI is InChI=1S/C12H16ClNO3S/c1-9-3-2-4-11(12(9)13)18(16,17)14-7-5-10(15)6-8-14/h2-4,10,15H,5-8H2,1H3. The Morgan fingerprint density at radius 2 is 1.94 bits per heavy atom. The van der Waals surface area contributed by atoms with Crippen molar-refractivity contribution in [3.05, 3.63) is 28.8 Å². The minimum atomic E-state index is -3.55. The van der Waals surface area contributed by atoms with E-state index in [0.29, 0.717) is 25.9 Å². The number of aliphatic hydroxyl groups excluding tert-OH is 1. The molecule has 0 amide bonds. The van der Waals surface area contributed by atoms with Crippen molar-refractivity contribution in [3.8, 4) is 0 Å². The average molecular weight is 290 g/mol. The summed E-state index contributed by atoms with van der Waals surface area (Å²) in [5.41, 5.74) is 0.745. The van der Waals surface area contributed by atoms with Crippen LogP contribution in [-0.2, 0) is 10.0 Å². The van der Waals surface area contributed by atoms with Gasteiger partial charge in [-0.3, -0.25) is 0 Å². The molecule has 1 saturated heterocycles. The summed E-state index contributed by atoms with van der Waals surface area (Å²) in [5.74, 6) is 0. The molecule has 1 heterocycles. The molecule has 4 nitrogen and oxygen atoms in total. The van der Waals surface area contributed by atoms with Crippen LogP contribution < -0.4 is 0 Å². The molecule has 0 aliphatic carbocycles. The van der Waals surface area contributed by atoms with Crippen LogP contribution in [0.2, 0.25) is 5.02 Å². The molecular formula is C12H16ClNO3S. The Labute approximate surface area is 112 Å². The Hall–Kier alpha value is -0.620. The van der Waals surface area contributed by atoms with Crippen LogP contribution in [0.3, 0.4) is 0 Å². The summed E-state index contributed by atoms with van der Waals surface area (Å²) < 4.78 is 26.2. The van der Waals surface area contributed by atoms with E-state index in [4.69, 9.17) is 11.6 Å². The van der Waals surface area contributed by atoms with E-state index in [0.717, 1.165) is 5.56 Å². The van der Waals surface area contributed by atoms with E-state index < -0.39 is 16.1 Å². The predicted octanol–water partition coefficient (Wildman–Crippen LogP) is 1.79. The second-order valence-corrected chi connectivity index (χ2v) is 6.81. The number of aliphatic hydroxyl groups is 1. The molecule has 0 unspecified atom stereocenters. The first-order valence-electron chi connectivity index (χ1n) is 5.86. The lowest BCUT2D eigenvalue weighted by molar-refractivity contribution is 0.113. The Kier molecular flexibility index (Phi) is 3.96. The van der Waals surface area contributed by atoms with Gasteiger partial charge in [-0.1, -0.05) is 23.7 Å². The molecular weight excluding hydrogens is 274 g/mol. The summed E-state index contributed by atoms with van der Waals surface area (Å²) in [7, 11) is -3.55. The molecule has 1 aliphatic heterocycles. The average Bonchev–Trinajstić information content (AvgIpc) is 2.33. The molecule has 1 aromatic carbocycles. The molecule has 0 spiro atoms. The molecule has 0 bridgehead atoms. The largest absolute Gasteiger partial charge is 0.393 e. The number of piperidine rings is 1. The Morgan fingerprint density at radius 1 is 1.33 bits per heavy atom. The van der Waals surface area contributed by atoms with Crippen LogP contribution >= 0.6 is 11.6 Å². The molecule has 1 aliphatic rings. The monoisotopic (exact) mass is 289 g/mol. The van der Waals surface area contributed by atoms with Crippen molar-refractivity contribution in [2.24, 2.45) is 0 Å². The summed E-state index contributed by atoms with van der Waals surface area (Å²) >= 11 is 6.07. The fourth-order valence-corrected chi connectivity index (χ4v) is 4.07. The highest BCUT2D eigenvalue weighted by Crippen LogP contribution is 2.28. The molecule has 1 aromatic rings. The summed E-state index contributed by atoms with van der Waals surface area (Å²) in [6.07, 6.45) is 0.551. The van der Waals surface area contributed by atoms with Gasteiger partial charge in [0.25, 0.3) is 0 Å². The van der Waals surface area contributed by atoms with E-state index in [1.807, 2.05) is 0 Å². The number of benzene rings is 1. The number of sulfonamides is 1. The van der Waals surface area contributed by atoms with E-state index >= 15 is 0 Å². The van der Waals surface area contributed by atoms with Gasteiger partial charge in [-0.05, 0) is 31.4 Å². The number of aryl methyl sites for hydroxylation is 1. The van der Waals surface area contributed by atoms with Gasteiger partial charge in [0.15, 0.2) is 0 Å². The number of hydrogen-bond donors (Lipinski definition) is 1. The highest BCUT2D eigenvalue weighted by atomic mass is 35.5. The van der Waals surface area contributed by atoms with E-state index in [-0.39, 0.29) is 9.92 Å². The number of halogens is 1. The van der Waals surface area contributed by atoms with Crippen molar-refractivity contribution in [1.82, 2.24) is 4.31 Å². The van der Waals surface area contributed by atoms with Crippen molar-refractivity contribution in [3.63, 3.8) is 0 Å². The third kappa shape index (κ3) is 2.54. The maximum absolute atomic E-state index is 12.4. The fraction of sp³-hybridized carbons (Fsp3) is 0.500. The second kappa shape index (κ2) is 5.17. The third-order valence-electron chi connectivity index (χ3n) is 3.20. The van der Waals surface area contributed by atoms with E-state index in [1.165, 1.54) is 10.4 Å². The van der Waals surface area contributed by atoms with Gasteiger partial charge in [0, 0.05) is 13.1 Å². The van der Waals surface area contributed by atoms with E-state index in [2.05, 4.69) is 0 Å². The molecule has 100 valence electrons. The number of nitrogens with zero attached hydrogens (tertiary/aromatic N) is 1. The zero-order valence-corrected chi connectivity index (χ0v) is 11.7. The first-order valence-corrected chi connectivity index (χ1v) is 7.68. The van der Waals surface area contributed by atoms with Crippen molar-refractivity contribution in [1.29, 1.82) is 0 Å². The van der Waals surface area contributed by atoms with Crippen LogP contribution in [0.15, 0.2) is 23.1 Å². The van der Waals surface area contributed by atoms with Gasteiger partial charge in [0.05, 0.1) is 11.1 Å². The molecule has 18 heavy (non-hydrogen) atoms. The smallest absolute Gasteiger partial charge is 0.244 e. The number of rotatable bonds is 2. The van der Waals surface area contributed by atoms with Gasteiger partial charge in [0.1, 0.15) is 4.90 Å². The van der Waals surface area contributed by atoms with Crippen LogP contribution in [0, 0.1) is 6.92 Å². The maximum Gasteiger partial charge on any atom is 0.244 e. The third-order valence-corrected chi connectivity index (χ3v) is 5.75. The first-order chi connectivity index (χ1) is 8.43. The summed E-state index contributed by atoms with van der Waals surface area (Å²) in [6.45, 7) is 2.46. The van der Waals surface area contributed by atoms with Gasteiger partial charge >= 0.3 is 0 Å². The van der Waals surface area contributed by atoms with E-state index in [1.54, 1.807) is 19.1 Å². The minimum absolute atomic E-state index is 0.153. The van der Waals surface area contributed by atoms with Crippen LogP contribution in [0.5, 0.6) is 0 Å². The lowest BCUT2D eigenvalue weighted by Gasteiger charge is -2.29. The SMILES string of the molecule is Cc1cccc(S(=O)(=O)N2CCC(O)CC2)c1Cl. The summed E-state index contributed by atoms with van der Waals surface area (Å²) in [5, 5.41) is 9.70. The zero-order valence-electron chi connectivity index (χ0n) is 10.1. The predicted molar refractivity (Wildman–Crippen MR) is 70.2 cm³/mol. The molecule has 0 atom stereocenters. The first kappa shape index (κ1) is 13.8.